The lowest BCUT2D eigenvalue weighted by Crippen LogP contribution is -2.18. The van der Waals surface area contributed by atoms with E-state index in [-0.39, 0.29) is 11.7 Å². The molecule has 2 aromatic carbocycles. The second-order valence-corrected chi connectivity index (χ2v) is 7.33. The van der Waals surface area contributed by atoms with E-state index >= 15 is 0 Å². The van der Waals surface area contributed by atoms with E-state index in [1.165, 1.54) is 0 Å². The number of carboxylic acid groups (broad SMARTS) is 1. The molecule has 0 aliphatic heterocycles. The summed E-state index contributed by atoms with van der Waals surface area (Å²) in [6.07, 6.45) is -0.212. The molecule has 6 nitrogen and oxygen atoms in total. The largest absolute Gasteiger partial charge is 0.490 e. The van der Waals surface area contributed by atoms with Crippen molar-refractivity contribution in [3.63, 3.8) is 0 Å². The molecule has 0 aliphatic carbocycles. The van der Waals surface area contributed by atoms with Crippen LogP contribution in [0.15, 0.2) is 48.5 Å². The Labute approximate surface area is 172 Å². The van der Waals surface area contributed by atoms with E-state index in [2.05, 4.69) is 0 Å². The fourth-order valence-electron chi connectivity index (χ4n) is 2.41. The van der Waals surface area contributed by atoms with Crippen molar-refractivity contribution < 1.29 is 24.2 Å². The normalized spacial score (nSPS) is 10.3. The van der Waals surface area contributed by atoms with Crippen LogP contribution in [0.1, 0.15) is 41.8 Å². The molecular weight excluding hydrogens is 370 g/mol. The van der Waals surface area contributed by atoms with Gasteiger partial charge in [-0.2, -0.15) is 0 Å². The number of Topliss-reactive ketones (excluding diaryl/α,β-unsaturated/α-hetero) is 2. The molecule has 0 aromatic heterocycles. The number of carbonyl (C=O) groups excluding carboxylic acids is 2. The van der Waals surface area contributed by atoms with Crippen LogP contribution >= 0.6 is 0 Å². The number of carboxylic acids is 1. The van der Waals surface area contributed by atoms with Gasteiger partial charge in [-0.15, -0.1) is 0 Å². The minimum absolute atomic E-state index is 0.151. The number of aliphatic carboxylic acids is 1. The average molecular weight is 399 g/mol. The Balaban J connectivity index is 0.000000960. The summed E-state index contributed by atoms with van der Waals surface area (Å²) >= 11 is 0. The zero-order valence-corrected chi connectivity index (χ0v) is 17.6. The van der Waals surface area contributed by atoms with Gasteiger partial charge in [-0.05, 0) is 64.7 Å². The molecule has 0 heterocycles. The Kier molecular flexibility index (Phi) is 9.75. The van der Waals surface area contributed by atoms with Gasteiger partial charge < -0.3 is 14.7 Å². The minimum atomic E-state index is -1.61. The van der Waals surface area contributed by atoms with Gasteiger partial charge in [0.25, 0.3) is 0 Å². The molecule has 29 heavy (non-hydrogen) atoms. The standard InChI is InChI=1S/C20H20O5.C3H9N/c1-13(2)25-19-9-8-15(10-14-6-4-3-5-7-14)11-16(19)17(21)12-18(22)20(23)24;1-4(2)3/h3-9,11,13H,10,12H2,1-2H3,(H,23,24);1-3H3. The Morgan fingerprint density at radius 2 is 1.55 bits per heavy atom. The Bertz CT molecular complexity index is 826. The van der Waals surface area contributed by atoms with Crippen LogP contribution in [0.4, 0.5) is 0 Å². The van der Waals surface area contributed by atoms with Crippen molar-refractivity contribution >= 4 is 17.5 Å². The number of carbonyl (C=O) groups is 3. The van der Waals surface area contributed by atoms with Gasteiger partial charge >= 0.3 is 5.97 Å². The number of hydrogen-bond donors (Lipinski definition) is 1. The molecule has 2 aromatic rings. The molecule has 2 rings (SSSR count). The number of ether oxygens (including phenoxy) is 1. The Morgan fingerprint density at radius 1 is 0.966 bits per heavy atom. The molecule has 1 N–H and O–H groups in total. The fraction of sp³-hybridized carbons (Fsp3) is 0.348. The van der Waals surface area contributed by atoms with Gasteiger partial charge in [0.15, 0.2) is 5.78 Å². The third kappa shape index (κ3) is 9.17. The van der Waals surface area contributed by atoms with E-state index in [1.807, 2.05) is 76.3 Å². The summed E-state index contributed by atoms with van der Waals surface area (Å²) in [6.45, 7) is 3.66. The molecule has 0 fully saturated rings. The summed E-state index contributed by atoms with van der Waals surface area (Å²) in [6, 6.07) is 15.0. The molecular formula is C23H29NO5. The first-order valence-electron chi connectivity index (χ1n) is 9.34. The van der Waals surface area contributed by atoms with Crippen LogP contribution < -0.4 is 4.74 Å². The monoisotopic (exact) mass is 399 g/mol. The van der Waals surface area contributed by atoms with Crippen LogP contribution in [-0.4, -0.2) is 54.8 Å². The van der Waals surface area contributed by atoms with Crippen molar-refractivity contribution in [1.29, 1.82) is 0 Å². The van der Waals surface area contributed by atoms with Gasteiger partial charge in [0.1, 0.15) is 5.75 Å². The van der Waals surface area contributed by atoms with E-state index in [9.17, 15) is 14.4 Å². The minimum Gasteiger partial charge on any atom is -0.490 e. The van der Waals surface area contributed by atoms with Crippen molar-refractivity contribution in [3.05, 3.63) is 65.2 Å². The maximum atomic E-state index is 12.4. The van der Waals surface area contributed by atoms with Gasteiger partial charge in [-0.1, -0.05) is 36.4 Å². The SMILES string of the molecule is CC(C)Oc1ccc(Cc2ccccc2)cc1C(=O)CC(=O)C(=O)O.CN(C)C. The summed E-state index contributed by atoms with van der Waals surface area (Å²) < 4.78 is 5.63. The summed E-state index contributed by atoms with van der Waals surface area (Å²) in [4.78, 5) is 36.5. The van der Waals surface area contributed by atoms with Gasteiger partial charge in [0.05, 0.1) is 18.1 Å². The highest BCUT2D eigenvalue weighted by Crippen LogP contribution is 2.24. The van der Waals surface area contributed by atoms with Crippen LogP contribution in [0.3, 0.4) is 0 Å². The first-order chi connectivity index (χ1) is 13.6. The molecule has 0 amide bonds. The predicted molar refractivity (Wildman–Crippen MR) is 113 cm³/mol. The maximum Gasteiger partial charge on any atom is 0.372 e. The van der Waals surface area contributed by atoms with Gasteiger partial charge in [0.2, 0.25) is 5.78 Å². The van der Waals surface area contributed by atoms with E-state index in [1.54, 1.807) is 12.1 Å². The molecule has 0 radical (unpaired) electrons. The average Bonchev–Trinajstić information content (AvgIpc) is 2.62. The number of ketones is 2. The molecule has 0 aliphatic rings. The lowest BCUT2D eigenvalue weighted by Gasteiger charge is -2.15. The molecule has 0 unspecified atom stereocenters. The van der Waals surface area contributed by atoms with Crippen LogP contribution in [0.25, 0.3) is 0 Å². The van der Waals surface area contributed by atoms with E-state index < -0.39 is 24.0 Å². The van der Waals surface area contributed by atoms with Crippen molar-refractivity contribution in [2.75, 3.05) is 21.1 Å². The highest BCUT2D eigenvalue weighted by molar-refractivity contribution is 6.37. The van der Waals surface area contributed by atoms with Crippen LogP contribution in [0.5, 0.6) is 5.75 Å². The number of rotatable bonds is 8. The van der Waals surface area contributed by atoms with E-state index in [0.717, 1.165) is 11.1 Å². The lowest BCUT2D eigenvalue weighted by atomic mass is 9.98. The smallest absolute Gasteiger partial charge is 0.372 e. The second-order valence-electron chi connectivity index (χ2n) is 7.33. The third-order valence-electron chi connectivity index (χ3n) is 3.52. The molecule has 156 valence electrons. The van der Waals surface area contributed by atoms with E-state index in [0.29, 0.717) is 12.2 Å². The first kappa shape index (κ1) is 24.0. The van der Waals surface area contributed by atoms with Crippen molar-refractivity contribution in [3.8, 4) is 5.75 Å². The molecule has 0 saturated carbocycles. The quantitative estimate of drug-likeness (QED) is 0.416. The van der Waals surface area contributed by atoms with Crippen LogP contribution in [0, 0.1) is 0 Å². The first-order valence-corrected chi connectivity index (χ1v) is 9.34. The van der Waals surface area contributed by atoms with Gasteiger partial charge in [-0.3, -0.25) is 9.59 Å². The van der Waals surface area contributed by atoms with Crippen molar-refractivity contribution in [2.24, 2.45) is 0 Å². The zero-order chi connectivity index (χ0) is 22.0. The Hall–Kier alpha value is -2.99. The van der Waals surface area contributed by atoms with Crippen LogP contribution in [-0.2, 0) is 16.0 Å². The number of nitrogens with zero attached hydrogens (tertiary/aromatic N) is 1. The lowest BCUT2D eigenvalue weighted by molar-refractivity contribution is -0.148. The second kappa shape index (κ2) is 11.8. The maximum absolute atomic E-state index is 12.4. The summed E-state index contributed by atoms with van der Waals surface area (Å²) in [5, 5.41) is 8.71. The number of benzene rings is 2. The van der Waals surface area contributed by atoms with Gasteiger partial charge in [0, 0.05) is 0 Å². The summed E-state index contributed by atoms with van der Waals surface area (Å²) in [5.41, 5.74) is 2.20. The third-order valence-corrected chi connectivity index (χ3v) is 3.52. The van der Waals surface area contributed by atoms with Crippen LogP contribution in [0.2, 0.25) is 0 Å². The molecule has 0 spiro atoms. The highest BCUT2D eigenvalue weighted by Gasteiger charge is 2.21. The molecule has 0 saturated heterocycles. The van der Waals surface area contributed by atoms with Crippen molar-refractivity contribution in [1.82, 2.24) is 4.90 Å². The highest BCUT2D eigenvalue weighted by atomic mass is 16.5. The van der Waals surface area contributed by atoms with Crippen molar-refractivity contribution in [2.45, 2.75) is 32.8 Å². The van der Waals surface area contributed by atoms with Gasteiger partial charge in [-0.25, -0.2) is 4.79 Å². The Morgan fingerprint density at radius 3 is 2.07 bits per heavy atom. The molecule has 6 heteroatoms. The molecule has 0 bridgehead atoms. The number of hydrogen-bond acceptors (Lipinski definition) is 5. The predicted octanol–water partition coefficient (Wildman–Crippen LogP) is 3.47. The zero-order valence-electron chi connectivity index (χ0n) is 17.6. The van der Waals surface area contributed by atoms with E-state index in [4.69, 9.17) is 9.84 Å². The molecule has 0 atom stereocenters. The summed E-state index contributed by atoms with van der Waals surface area (Å²) in [5.74, 6) is -2.94. The fourth-order valence-corrected chi connectivity index (χ4v) is 2.41. The topological polar surface area (TPSA) is 83.9 Å². The summed E-state index contributed by atoms with van der Waals surface area (Å²) in [7, 11) is 6.00.